The maximum absolute atomic E-state index is 4.68. The van der Waals surface area contributed by atoms with E-state index >= 15 is 0 Å². The van der Waals surface area contributed by atoms with Crippen molar-refractivity contribution in [1.82, 2.24) is 29.5 Å². The quantitative estimate of drug-likeness (QED) is 0.487. The number of rotatable bonds is 9. The Bertz CT molecular complexity index is 1020. The summed E-state index contributed by atoms with van der Waals surface area (Å²) in [6.07, 6.45) is 6.83. The summed E-state index contributed by atoms with van der Waals surface area (Å²) in [7, 11) is 4.24. The van der Waals surface area contributed by atoms with Gasteiger partial charge >= 0.3 is 0 Å². The van der Waals surface area contributed by atoms with E-state index in [1.165, 1.54) is 49.0 Å². The molecule has 6 nitrogen and oxygen atoms in total. The molecule has 2 saturated heterocycles. The molecular formula is C28H38N6. The number of benzene rings is 2. The molecule has 2 aromatic carbocycles. The van der Waals surface area contributed by atoms with Crippen molar-refractivity contribution in [3.63, 3.8) is 0 Å². The second-order valence-corrected chi connectivity index (χ2v) is 10.3. The molecule has 2 fully saturated rings. The van der Waals surface area contributed by atoms with E-state index in [-0.39, 0.29) is 6.04 Å². The number of likely N-dealkylation sites (tertiary alicyclic amines) is 2. The van der Waals surface area contributed by atoms with Gasteiger partial charge in [0.15, 0.2) is 5.82 Å². The van der Waals surface area contributed by atoms with Crippen LogP contribution in [-0.4, -0.2) is 75.8 Å². The van der Waals surface area contributed by atoms with Crippen molar-refractivity contribution < 1.29 is 0 Å². The summed E-state index contributed by atoms with van der Waals surface area (Å²) in [5.74, 6) is 1.09. The minimum Gasteiger partial charge on any atom is -0.312 e. The fourth-order valence-electron chi connectivity index (χ4n) is 5.63. The van der Waals surface area contributed by atoms with E-state index in [4.69, 9.17) is 0 Å². The fourth-order valence-corrected chi connectivity index (χ4v) is 5.63. The Morgan fingerprint density at radius 2 is 1.65 bits per heavy atom. The lowest BCUT2D eigenvalue weighted by Crippen LogP contribution is -2.37. The SMILES string of the molecule is CN(C)Cc1ccc(CC(c2nncn2Cc2ccccc2)N2CC[C@H](N3CCCC3)C2)cc1. The topological polar surface area (TPSA) is 40.4 Å². The summed E-state index contributed by atoms with van der Waals surface area (Å²) in [5.41, 5.74) is 4.01. The van der Waals surface area contributed by atoms with Gasteiger partial charge in [-0.1, -0.05) is 54.6 Å². The van der Waals surface area contributed by atoms with Crippen LogP contribution in [0.4, 0.5) is 0 Å². The molecule has 0 spiro atoms. The minimum atomic E-state index is 0.235. The molecule has 0 radical (unpaired) electrons. The average Bonchev–Trinajstić information content (AvgIpc) is 3.61. The number of hydrogen-bond donors (Lipinski definition) is 0. The highest BCUT2D eigenvalue weighted by atomic mass is 15.3. The van der Waals surface area contributed by atoms with E-state index < -0.39 is 0 Å². The number of hydrogen-bond acceptors (Lipinski definition) is 5. The number of aromatic nitrogens is 3. The molecule has 1 unspecified atom stereocenters. The third-order valence-electron chi connectivity index (χ3n) is 7.38. The Labute approximate surface area is 204 Å². The third kappa shape index (κ3) is 5.57. The summed E-state index contributed by atoms with van der Waals surface area (Å²) in [6, 6.07) is 20.7. The van der Waals surface area contributed by atoms with Gasteiger partial charge in [0, 0.05) is 25.7 Å². The van der Waals surface area contributed by atoms with Gasteiger partial charge in [-0.05, 0) is 69.6 Å². The average molecular weight is 459 g/mol. The van der Waals surface area contributed by atoms with Gasteiger partial charge in [0.2, 0.25) is 0 Å². The van der Waals surface area contributed by atoms with Crippen LogP contribution in [0.2, 0.25) is 0 Å². The van der Waals surface area contributed by atoms with Crippen molar-refractivity contribution in [2.75, 3.05) is 40.3 Å². The van der Waals surface area contributed by atoms with Crippen molar-refractivity contribution in [1.29, 1.82) is 0 Å². The molecule has 3 heterocycles. The molecular weight excluding hydrogens is 420 g/mol. The van der Waals surface area contributed by atoms with Gasteiger partial charge < -0.3 is 9.47 Å². The van der Waals surface area contributed by atoms with Crippen LogP contribution in [0.25, 0.3) is 0 Å². The molecule has 2 atom stereocenters. The van der Waals surface area contributed by atoms with E-state index in [9.17, 15) is 0 Å². The van der Waals surface area contributed by atoms with Gasteiger partial charge in [-0.15, -0.1) is 10.2 Å². The number of nitrogens with zero attached hydrogens (tertiary/aromatic N) is 6. The van der Waals surface area contributed by atoms with Crippen molar-refractivity contribution in [2.45, 2.75) is 50.9 Å². The Kier molecular flexibility index (Phi) is 7.38. The molecule has 0 aliphatic carbocycles. The first kappa shape index (κ1) is 23.2. The van der Waals surface area contributed by atoms with E-state index in [0.29, 0.717) is 6.04 Å². The Morgan fingerprint density at radius 1 is 0.912 bits per heavy atom. The molecule has 5 rings (SSSR count). The molecule has 0 saturated carbocycles. The molecule has 2 aliphatic rings. The molecule has 180 valence electrons. The normalized spacial score (nSPS) is 20.4. The highest BCUT2D eigenvalue weighted by molar-refractivity contribution is 5.24. The first-order valence-corrected chi connectivity index (χ1v) is 12.8. The van der Waals surface area contributed by atoms with Crippen molar-refractivity contribution in [3.8, 4) is 0 Å². The molecule has 0 bridgehead atoms. The molecule has 2 aliphatic heterocycles. The molecule has 3 aromatic rings. The third-order valence-corrected chi connectivity index (χ3v) is 7.38. The lowest BCUT2D eigenvalue weighted by Gasteiger charge is -2.29. The van der Waals surface area contributed by atoms with Crippen molar-refractivity contribution in [3.05, 3.63) is 83.4 Å². The van der Waals surface area contributed by atoms with Crippen LogP contribution in [0.15, 0.2) is 60.9 Å². The Balaban J connectivity index is 1.38. The van der Waals surface area contributed by atoms with Gasteiger partial charge in [-0.25, -0.2) is 0 Å². The standard InChI is InChI=1S/C28H38N6/c1-31(2)19-25-12-10-23(11-13-25)18-27(33-17-14-26(21-33)32-15-6-7-16-32)28-30-29-22-34(28)20-24-8-4-3-5-9-24/h3-5,8-13,22,26-27H,6-7,14-21H2,1-2H3/t26-,27?/m0/s1. The fraction of sp³-hybridized carbons (Fsp3) is 0.500. The van der Waals surface area contributed by atoms with Crippen molar-refractivity contribution >= 4 is 0 Å². The van der Waals surface area contributed by atoms with E-state index in [0.717, 1.165) is 38.4 Å². The second-order valence-electron chi connectivity index (χ2n) is 10.3. The summed E-state index contributed by atoms with van der Waals surface area (Å²) < 4.78 is 2.25. The maximum Gasteiger partial charge on any atom is 0.150 e. The summed E-state index contributed by atoms with van der Waals surface area (Å²) in [4.78, 5) is 7.59. The van der Waals surface area contributed by atoms with Crippen LogP contribution in [0.5, 0.6) is 0 Å². The van der Waals surface area contributed by atoms with E-state index in [1.807, 2.05) is 6.33 Å². The predicted octanol–water partition coefficient (Wildman–Crippen LogP) is 3.84. The lowest BCUT2D eigenvalue weighted by atomic mass is 10.0. The zero-order valence-corrected chi connectivity index (χ0v) is 20.7. The predicted molar refractivity (Wildman–Crippen MR) is 137 cm³/mol. The van der Waals surface area contributed by atoms with Crippen LogP contribution in [-0.2, 0) is 19.5 Å². The van der Waals surface area contributed by atoms with Gasteiger partial charge in [-0.2, -0.15) is 0 Å². The first-order chi connectivity index (χ1) is 16.7. The molecule has 0 N–H and O–H groups in total. The van der Waals surface area contributed by atoms with Crippen LogP contribution in [0.3, 0.4) is 0 Å². The van der Waals surface area contributed by atoms with Crippen LogP contribution >= 0.6 is 0 Å². The molecule has 34 heavy (non-hydrogen) atoms. The molecule has 1 aromatic heterocycles. The van der Waals surface area contributed by atoms with Gasteiger partial charge in [0.1, 0.15) is 6.33 Å². The van der Waals surface area contributed by atoms with Gasteiger partial charge in [0.05, 0.1) is 12.6 Å². The maximum atomic E-state index is 4.68. The summed E-state index contributed by atoms with van der Waals surface area (Å²) in [5, 5.41) is 9.05. The zero-order valence-electron chi connectivity index (χ0n) is 20.7. The second kappa shape index (κ2) is 10.8. The first-order valence-electron chi connectivity index (χ1n) is 12.8. The monoisotopic (exact) mass is 458 g/mol. The van der Waals surface area contributed by atoms with E-state index in [1.54, 1.807) is 0 Å². The Hall–Kier alpha value is -2.54. The van der Waals surface area contributed by atoms with Crippen molar-refractivity contribution in [2.24, 2.45) is 0 Å². The smallest absolute Gasteiger partial charge is 0.150 e. The minimum absolute atomic E-state index is 0.235. The van der Waals surface area contributed by atoms with Crippen LogP contribution in [0.1, 0.15) is 47.8 Å². The van der Waals surface area contributed by atoms with Gasteiger partial charge in [0.25, 0.3) is 0 Å². The highest BCUT2D eigenvalue weighted by Gasteiger charge is 2.35. The highest BCUT2D eigenvalue weighted by Crippen LogP contribution is 2.31. The van der Waals surface area contributed by atoms with Gasteiger partial charge in [-0.3, -0.25) is 9.80 Å². The molecule has 6 heteroatoms. The molecule has 0 amide bonds. The zero-order chi connectivity index (χ0) is 23.3. The van der Waals surface area contributed by atoms with Crippen LogP contribution < -0.4 is 0 Å². The van der Waals surface area contributed by atoms with Crippen LogP contribution in [0, 0.1) is 0 Å². The largest absolute Gasteiger partial charge is 0.312 e. The summed E-state index contributed by atoms with van der Waals surface area (Å²) >= 11 is 0. The Morgan fingerprint density at radius 3 is 2.38 bits per heavy atom. The summed E-state index contributed by atoms with van der Waals surface area (Å²) in [6.45, 7) is 6.56. The van der Waals surface area contributed by atoms with E-state index in [2.05, 4.69) is 98.2 Å². The lowest BCUT2D eigenvalue weighted by molar-refractivity contribution is 0.191.